The maximum Gasteiger partial charge on any atom is 1.00 e. The Labute approximate surface area is 116 Å². The van der Waals surface area contributed by atoms with Crippen molar-refractivity contribution in [1.82, 2.24) is 0 Å². The van der Waals surface area contributed by atoms with Gasteiger partial charge in [0.1, 0.15) is 0 Å². The molecule has 10 heavy (non-hydrogen) atoms. The Kier molecular flexibility index (Phi) is 37.3. The largest absolute Gasteiger partial charge is 1.00 e. The molecule has 0 aromatic heterocycles. The second-order valence-electron chi connectivity index (χ2n) is 0.757. The van der Waals surface area contributed by atoms with Crippen molar-refractivity contribution in [1.29, 1.82) is 0 Å². The summed E-state index contributed by atoms with van der Waals surface area (Å²) in [5.74, 6) is -1.08. The number of hydrogen-bond donors (Lipinski definition) is 1. The van der Waals surface area contributed by atoms with Gasteiger partial charge in [0.15, 0.2) is 0 Å². The first kappa shape index (κ1) is 22.5. The molecule has 0 aromatic carbocycles. The number of aliphatic carboxylic acids is 1. The molecule has 0 aliphatic rings. The molecule has 1 N–H and O–H groups in total. The van der Waals surface area contributed by atoms with Gasteiger partial charge in [0.25, 0.3) is 0 Å². The van der Waals surface area contributed by atoms with E-state index in [4.69, 9.17) is 24.9 Å². The number of carbonyl (C=O) groups excluding carboxylic acids is 1. The third kappa shape index (κ3) is 482. The van der Waals surface area contributed by atoms with Crippen LogP contribution in [0.15, 0.2) is 0 Å². The van der Waals surface area contributed by atoms with E-state index in [1.54, 1.807) is 0 Å². The normalized spacial score (nSPS) is 4.90. The summed E-state index contributed by atoms with van der Waals surface area (Å²) in [4.78, 5) is 17.3. The molecular weight excluding hydrogens is 263 g/mol. The van der Waals surface area contributed by atoms with Crippen molar-refractivity contribution in [3.05, 3.63) is 0 Å². The molecule has 0 aliphatic carbocycles. The zero-order valence-electron chi connectivity index (χ0n) is 5.38. The van der Waals surface area contributed by atoms with E-state index in [2.05, 4.69) is 0 Å². The molecule has 0 atom stereocenters. The number of carbonyl (C=O) groups is 2. The van der Waals surface area contributed by atoms with Gasteiger partial charge in [-0.2, -0.15) is 0 Å². The molecule has 0 unspecified atom stereocenters. The van der Waals surface area contributed by atoms with Crippen LogP contribution in [0.1, 0.15) is 6.92 Å². The van der Waals surface area contributed by atoms with Crippen molar-refractivity contribution in [3.8, 4) is 0 Å². The average Bonchev–Trinajstić information content (AvgIpc) is 1.25. The third-order valence-electron chi connectivity index (χ3n) is 0. The van der Waals surface area contributed by atoms with Crippen LogP contribution in [0, 0.1) is 0 Å². The zero-order valence-corrected chi connectivity index (χ0v) is 9.99. The molecular formula is C3H4AgKO5. The van der Waals surface area contributed by atoms with Crippen LogP contribution in [-0.4, -0.2) is 17.2 Å². The molecule has 0 rings (SSSR count). The maximum absolute atomic E-state index is 8.89. The Morgan fingerprint density at radius 1 is 1.30 bits per heavy atom. The first-order valence-electron chi connectivity index (χ1n) is 1.54. The Morgan fingerprint density at radius 2 is 1.30 bits per heavy atom. The Morgan fingerprint density at radius 3 is 1.30 bits per heavy atom. The van der Waals surface area contributed by atoms with E-state index in [0.29, 0.717) is 0 Å². The van der Waals surface area contributed by atoms with Gasteiger partial charge in [-0.3, -0.25) is 0 Å². The number of hydrogen-bond acceptors (Lipinski definition) is 4. The van der Waals surface area contributed by atoms with E-state index in [1.807, 2.05) is 0 Å². The Hall–Kier alpha value is 1.12. The van der Waals surface area contributed by atoms with Crippen molar-refractivity contribution >= 4 is 12.1 Å². The number of rotatable bonds is 0. The summed E-state index contributed by atoms with van der Waals surface area (Å²) in [5.41, 5.74) is 0. The van der Waals surface area contributed by atoms with Crippen LogP contribution in [0.5, 0.6) is 0 Å². The molecule has 7 heteroatoms. The average molecular weight is 267 g/mol. The van der Waals surface area contributed by atoms with E-state index >= 15 is 0 Å². The van der Waals surface area contributed by atoms with Gasteiger partial charge >= 0.3 is 73.8 Å². The minimum absolute atomic E-state index is 0. The molecule has 0 bridgehead atoms. The SMILES string of the molecule is CC(=O)[O-].O=C([O-])O.[Ag+].[K+]. The van der Waals surface area contributed by atoms with E-state index in [-0.39, 0.29) is 73.8 Å². The van der Waals surface area contributed by atoms with Gasteiger partial charge < -0.3 is 24.9 Å². The van der Waals surface area contributed by atoms with Crippen molar-refractivity contribution in [2.75, 3.05) is 0 Å². The first-order valence-corrected chi connectivity index (χ1v) is 1.54. The Balaban J connectivity index is -0.0000000300. The van der Waals surface area contributed by atoms with Crippen LogP contribution in [0.3, 0.4) is 0 Å². The fourth-order valence-electron chi connectivity index (χ4n) is 0. The molecule has 58 valence electrons. The first-order chi connectivity index (χ1) is 3.46. The summed E-state index contributed by atoms with van der Waals surface area (Å²) < 4.78 is 0. The molecule has 0 radical (unpaired) electrons. The predicted molar refractivity (Wildman–Crippen MR) is 18.7 cm³/mol. The van der Waals surface area contributed by atoms with Gasteiger partial charge in [-0.05, 0) is 6.92 Å². The van der Waals surface area contributed by atoms with Gasteiger partial charge in [0, 0.05) is 5.97 Å². The Bertz CT molecular complexity index is 74.9. The van der Waals surface area contributed by atoms with Crippen LogP contribution in [-0.2, 0) is 27.2 Å². The van der Waals surface area contributed by atoms with Crippen molar-refractivity contribution < 1.29 is 98.7 Å². The molecule has 0 aromatic rings. The van der Waals surface area contributed by atoms with E-state index in [1.165, 1.54) is 0 Å². The molecule has 0 fully saturated rings. The topological polar surface area (TPSA) is 100 Å². The summed E-state index contributed by atoms with van der Waals surface area (Å²) in [6, 6.07) is 0. The standard InChI is InChI=1S/C2H4O2.CH2O3.Ag.K/c1-2(3)4;2-1(3)4;;/h1H3,(H,3,4);(H2,2,3,4);;/q;;2*+1/p-2. The van der Waals surface area contributed by atoms with Gasteiger partial charge in [-0.25, -0.2) is 0 Å². The zero-order chi connectivity index (χ0) is 7.15. The molecule has 0 saturated carbocycles. The van der Waals surface area contributed by atoms with Crippen LogP contribution in [0.25, 0.3) is 0 Å². The van der Waals surface area contributed by atoms with Crippen LogP contribution in [0.4, 0.5) is 4.79 Å². The van der Waals surface area contributed by atoms with Crippen molar-refractivity contribution in [2.24, 2.45) is 0 Å². The fraction of sp³-hybridized carbons (Fsp3) is 0.333. The van der Waals surface area contributed by atoms with Gasteiger partial charge in [0.2, 0.25) is 6.16 Å². The molecule has 0 aliphatic heterocycles. The summed E-state index contributed by atoms with van der Waals surface area (Å²) in [5, 5.41) is 24.2. The minimum atomic E-state index is -2.08. The summed E-state index contributed by atoms with van der Waals surface area (Å²) in [7, 11) is 0. The molecule has 5 nitrogen and oxygen atoms in total. The van der Waals surface area contributed by atoms with Crippen LogP contribution < -0.4 is 61.6 Å². The van der Waals surface area contributed by atoms with Crippen molar-refractivity contribution in [2.45, 2.75) is 6.92 Å². The number of carboxylic acid groups (broad SMARTS) is 3. The molecule has 0 amide bonds. The smallest absolute Gasteiger partial charge is 0.565 e. The second-order valence-corrected chi connectivity index (χ2v) is 0.757. The second kappa shape index (κ2) is 16.6. The predicted octanol–water partition coefficient (Wildman–Crippen LogP) is -5.35. The van der Waals surface area contributed by atoms with Gasteiger partial charge in [0.05, 0.1) is 0 Å². The van der Waals surface area contributed by atoms with E-state index in [9.17, 15) is 0 Å². The van der Waals surface area contributed by atoms with Crippen LogP contribution in [0.2, 0.25) is 0 Å². The van der Waals surface area contributed by atoms with Gasteiger partial charge in [-0.15, -0.1) is 0 Å². The van der Waals surface area contributed by atoms with Crippen LogP contribution >= 0.6 is 0 Å². The van der Waals surface area contributed by atoms with Crippen molar-refractivity contribution in [3.63, 3.8) is 0 Å². The monoisotopic (exact) mass is 266 g/mol. The van der Waals surface area contributed by atoms with E-state index in [0.717, 1.165) is 6.92 Å². The molecule has 0 spiro atoms. The quantitative estimate of drug-likeness (QED) is 0.442. The summed E-state index contributed by atoms with van der Waals surface area (Å²) in [6.45, 7) is 0.972. The minimum Gasteiger partial charge on any atom is -0.565 e. The molecule has 0 saturated heterocycles. The maximum atomic E-state index is 8.89. The molecule has 0 heterocycles. The van der Waals surface area contributed by atoms with Gasteiger partial charge in [-0.1, -0.05) is 0 Å². The number of carboxylic acids is 1. The summed E-state index contributed by atoms with van der Waals surface area (Å²) >= 11 is 0. The third-order valence-corrected chi connectivity index (χ3v) is 0. The van der Waals surface area contributed by atoms with E-state index < -0.39 is 12.1 Å². The fourth-order valence-corrected chi connectivity index (χ4v) is 0. The summed E-state index contributed by atoms with van der Waals surface area (Å²) in [6.07, 6.45) is -2.08.